The van der Waals surface area contributed by atoms with E-state index in [2.05, 4.69) is 15.0 Å². The molecule has 3 atom stereocenters. The van der Waals surface area contributed by atoms with Gasteiger partial charge >= 0.3 is 12.8 Å². The van der Waals surface area contributed by atoms with Crippen molar-refractivity contribution in [1.29, 1.82) is 0 Å². The number of hydrogen-bond donors (Lipinski definition) is 2. The van der Waals surface area contributed by atoms with E-state index < -0.39 is 58.9 Å². The van der Waals surface area contributed by atoms with E-state index in [0.717, 1.165) is 12.1 Å². The van der Waals surface area contributed by atoms with Gasteiger partial charge in [0.1, 0.15) is 17.7 Å². The maximum Gasteiger partial charge on any atom is 0.416 e. The number of hydrogen-bond acceptors (Lipinski definition) is 8. The summed E-state index contributed by atoms with van der Waals surface area (Å²) in [5, 5.41) is 12.5. The van der Waals surface area contributed by atoms with E-state index in [1.165, 1.54) is 61.7 Å². The van der Waals surface area contributed by atoms with Crippen LogP contribution in [0.2, 0.25) is 0 Å². The van der Waals surface area contributed by atoms with Gasteiger partial charge in [-0.3, -0.25) is 4.79 Å². The Balaban J connectivity index is 1.44. The third-order valence-electron chi connectivity index (χ3n) is 7.09. The Morgan fingerprint density at radius 3 is 2.32 bits per heavy atom. The van der Waals surface area contributed by atoms with Gasteiger partial charge < -0.3 is 24.8 Å². The van der Waals surface area contributed by atoms with Gasteiger partial charge in [0.05, 0.1) is 53.6 Å². The van der Waals surface area contributed by atoms with Gasteiger partial charge in [-0.05, 0) is 54.1 Å². The Hall–Kier alpha value is -3.82. The summed E-state index contributed by atoms with van der Waals surface area (Å²) in [5.41, 5.74) is -0.215. The molecule has 0 saturated carbocycles. The molecular formula is C29H30F5N3O6S. The van der Waals surface area contributed by atoms with Gasteiger partial charge in [-0.1, -0.05) is 19.1 Å². The quantitative estimate of drug-likeness (QED) is 0.275. The number of benzene rings is 2. The number of anilines is 1. The fourth-order valence-corrected chi connectivity index (χ4v) is 5.62. The van der Waals surface area contributed by atoms with Crippen LogP contribution in [-0.4, -0.2) is 68.7 Å². The van der Waals surface area contributed by atoms with Crippen LogP contribution in [-0.2, 0) is 20.8 Å². The maximum atomic E-state index is 12.9. The van der Waals surface area contributed by atoms with E-state index in [1.807, 2.05) is 0 Å². The summed E-state index contributed by atoms with van der Waals surface area (Å²) >= 11 is 0. The van der Waals surface area contributed by atoms with Crippen LogP contribution in [0.4, 0.5) is 27.8 Å². The SMILES string of the molecule is CCS(=O)(=O)c1ccc(C(CO)NC(=O)c2ccc(N3C[C@H](Oc4ccc(C(F)(F)F)cc4)C[C@H]3COC(F)F)nc2)cc1. The molecule has 0 bridgehead atoms. The molecule has 4 rings (SSSR count). The minimum Gasteiger partial charge on any atom is -0.489 e. The normalized spacial score (nSPS) is 18.0. The molecule has 0 aliphatic carbocycles. The predicted octanol–water partition coefficient (Wildman–Crippen LogP) is 4.62. The van der Waals surface area contributed by atoms with E-state index >= 15 is 0 Å². The van der Waals surface area contributed by atoms with Gasteiger partial charge in [-0.2, -0.15) is 22.0 Å². The molecule has 1 aliphatic heterocycles. The fourth-order valence-electron chi connectivity index (χ4n) is 4.74. The van der Waals surface area contributed by atoms with E-state index in [-0.39, 0.29) is 41.5 Å². The van der Waals surface area contributed by atoms with Gasteiger partial charge in [0.15, 0.2) is 9.84 Å². The van der Waals surface area contributed by atoms with Crippen LogP contribution in [0.25, 0.3) is 0 Å². The molecule has 2 N–H and O–H groups in total. The van der Waals surface area contributed by atoms with E-state index in [9.17, 15) is 40.3 Å². The lowest BCUT2D eigenvalue weighted by molar-refractivity contribution is -0.137. The van der Waals surface area contributed by atoms with Gasteiger partial charge in [0.25, 0.3) is 5.91 Å². The zero-order valence-corrected chi connectivity index (χ0v) is 24.2. The van der Waals surface area contributed by atoms with E-state index in [4.69, 9.17) is 4.74 Å². The molecule has 2 aromatic carbocycles. The molecule has 1 unspecified atom stereocenters. The highest BCUT2D eigenvalue weighted by Crippen LogP contribution is 2.32. The van der Waals surface area contributed by atoms with Crippen LogP contribution < -0.4 is 15.0 Å². The highest BCUT2D eigenvalue weighted by Gasteiger charge is 2.36. The number of halogens is 5. The first-order valence-electron chi connectivity index (χ1n) is 13.5. The summed E-state index contributed by atoms with van der Waals surface area (Å²) in [4.78, 5) is 19.0. The number of alkyl halides is 5. The van der Waals surface area contributed by atoms with Crippen molar-refractivity contribution >= 4 is 21.6 Å². The van der Waals surface area contributed by atoms with Gasteiger partial charge in [-0.25, -0.2) is 13.4 Å². The molecule has 0 spiro atoms. The minimum atomic E-state index is -4.50. The number of nitrogens with zero attached hydrogens (tertiary/aromatic N) is 2. The number of aliphatic hydroxyl groups is 1. The molecule has 1 aromatic heterocycles. The second kappa shape index (κ2) is 13.9. The lowest BCUT2D eigenvalue weighted by Crippen LogP contribution is -2.35. The van der Waals surface area contributed by atoms with Crippen molar-refractivity contribution in [2.75, 3.05) is 30.4 Å². The largest absolute Gasteiger partial charge is 0.489 e. The van der Waals surface area contributed by atoms with Crippen LogP contribution in [0.5, 0.6) is 5.75 Å². The van der Waals surface area contributed by atoms with Gasteiger partial charge in [-0.15, -0.1) is 0 Å². The summed E-state index contributed by atoms with van der Waals surface area (Å²) in [5.74, 6) is -0.136. The number of rotatable bonds is 12. The number of carbonyl (C=O) groups is 1. The Bertz CT molecular complexity index is 1500. The average molecular weight is 644 g/mol. The zero-order chi connectivity index (χ0) is 32.1. The lowest BCUT2D eigenvalue weighted by atomic mass is 10.1. The molecule has 9 nitrogen and oxygen atoms in total. The Morgan fingerprint density at radius 2 is 1.77 bits per heavy atom. The number of ether oxygens (including phenoxy) is 2. The van der Waals surface area contributed by atoms with Crippen LogP contribution in [0.1, 0.15) is 40.9 Å². The molecule has 2 heterocycles. The molecule has 1 saturated heterocycles. The topological polar surface area (TPSA) is 118 Å². The number of carbonyl (C=O) groups excluding carboxylic acids is 1. The number of nitrogens with one attached hydrogen (secondary N) is 1. The minimum absolute atomic E-state index is 0.0697. The Labute approximate surface area is 250 Å². The Kier molecular flexibility index (Phi) is 10.4. The highest BCUT2D eigenvalue weighted by molar-refractivity contribution is 7.91. The van der Waals surface area contributed by atoms with Crippen LogP contribution in [0.15, 0.2) is 71.8 Å². The number of aliphatic hydroxyl groups excluding tert-OH is 1. The third-order valence-corrected chi connectivity index (χ3v) is 8.84. The summed E-state index contributed by atoms with van der Waals surface area (Å²) in [6.07, 6.45) is -3.59. The molecule has 1 fully saturated rings. The van der Waals surface area contributed by atoms with Crippen molar-refractivity contribution < 1.29 is 49.7 Å². The first-order chi connectivity index (χ1) is 20.8. The number of sulfone groups is 1. The Morgan fingerprint density at radius 1 is 1.09 bits per heavy atom. The smallest absolute Gasteiger partial charge is 0.416 e. The second-order valence-electron chi connectivity index (χ2n) is 9.98. The van der Waals surface area contributed by atoms with Crippen molar-refractivity contribution in [1.82, 2.24) is 10.3 Å². The van der Waals surface area contributed by atoms with E-state index in [1.54, 1.807) is 4.90 Å². The molecule has 238 valence electrons. The highest BCUT2D eigenvalue weighted by atomic mass is 32.2. The molecule has 1 aliphatic rings. The zero-order valence-electron chi connectivity index (χ0n) is 23.4. The molecule has 1 amide bonds. The molecular weight excluding hydrogens is 613 g/mol. The van der Waals surface area contributed by atoms with Gasteiger partial charge in [0, 0.05) is 12.6 Å². The van der Waals surface area contributed by atoms with Crippen LogP contribution in [0.3, 0.4) is 0 Å². The van der Waals surface area contributed by atoms with Crippen molar-refractivity contribution in [2.24, 2.45) is 0 Å². The molecule has 0 radical (unpaired) electrons. The second-order valence-corrected chi connectivity index (χ2v) is 12.3. The first-order valence-corrected chi connectivity index (χ1v) is 15.2. The van der Waals surface area contributed by atoms with Crippen LogP contribution in [0, 0.1) is 0 Å². The monoisotopic (exact) mass is 643 g/mol. The van der Waals surface area contributed by atoms with Crippen molar-refractivity contribution in [3.63, 3.8) is 0 Å². The molecule has 3 aromatic rings. The molecule has 15 heteroatoms. The number of amides is 1. The third kappa shape index (κ3) is 8.21. The van der Waals surface area contributed by atoms with E-state index in [0.29, 0.717) is 11.4 Å². The summed E-state index contributed by atoms with van der Waals surface area (Å²) in [6, 6.07) is 11.5. The van der Waals surface area contributed by atoms with Crippen molar-refractivity contribution in [3.8, 4) is 5.75 Å². The molecule has 44 heavy (non-hydrogen) atoms. The standard InChI is InChI=1S/C29H30F5N3O6S/c1-2-44(40,41)24-10-3-18(4-11-24)25(16-38)36-27(39)19-5-12-26(35-14-19)37-15-23(13-21(37)17-42-28(30)31)43-22-8-6-20(7-9-22)29(32,33)34/h3-12,14,21,23,25,28,38H,2,13,15-17H2,1H3,(H,36,39)/t21-,23+,25?/m0/s1. The fraction of sp³-hybridized carbons (Fsp3) is 0.379. The van der Waals surface area contributed by atoms with Crippen molar-refractivity contribution in [2.45, 2.75) is 49.2 Å². The maximum absolute atomic E-state index is 12.9. The summed E-state index contributed by atoms with van der Waals surface area (Å²) in [6.45, 7) is -2.16. The van der Waals surface area contributed by atoms with Crippen LogP contribution >= 0.6 is 0 Å². The van der Waals surface area contributed by atoms with Gasteiger partial charge in [0.2, 0.25) is 0 Å². The lowest BCUT2D eigenvalue weighted by Gasteiger charge is -2.25. The predicted molar refractivity (Wildman–Crippen MR) is 149 cm³/mol. The first kappa shape index (κ1) is 33.1. The number of aromatic nitrogens is 1. The summed E-state index contributed by atoms with van der Waals surface area (Å²) < 4.78 is 98.7. The average Bonchev–Trinajstić information content (AvgIpc) is 3.41. The summed E-state index contributed by atoms with van der Waals surface area (Å²) in [7, 11) is -3.41. The number of pyridine rings is 1. The van der Waals surface area contributed by atoms with Crippen molar-refractivity contribution in [3.05, 3.63) is 83.6 Å².